The Hall–Kier alpha value is -0.0400. The van der Waals surface area contributed by atoms with Crippen molar-refractivity contribution in [1.29, 1.82) is 0 Å². The summed E-state index contributed by atoms with van der Waals surface area (Å²) in [6, 6.07) is 0. The molecule has 0 fully saturated rings. The minimum Gasteiger partial charge on any atom is -0.325 e. The molecular weight excluding hydrogens is 182 g/mol. The van der Waals surface area contributed by atoms with Crippen LogP contribution in [-0.2, 0) is 0 Å². The average molecular weight is 213 g/mol. The lowest BCUT2D eigenvalue weighted by Crippen LogP contribution is -2.40. The molecule has 1 heteroatoms. The van der Waals surface area contributed by atoms with Crippen molar-refractivity contribution in [2.75, 3.05) is 0 Å². The summed E-state index contributed by atoms with van der Waals surface area (Å²) >= 11 is 0. The maximum atomic E-state index is 6.26. The number of rotatable bonds is 7. The molecule has 1 nitrogen and oxygen atoms in total. The van der Waals surface area contributed by atoms with Gasteiger partial charge in [0, 0.05) is 5.54 Å². The lowest BCUT2D eigenvalue weighted by molar-refractivity contribution is 0.137. The normalized spacial score (nSPS) is 21.8. The molecule has 2 N–H and O–H groups in total. The van der Waals surface area contributed by atoms with Crippen molar-refractivity contribution in [3.8, 4) is 0 Å². The molecule has 92 valence electrons. The van der Waals surface area contributed by atoms with Crippen LogP contribution in [0.2, 0.25) is 0 Å². The zero-order valence-corrected chi connectivity index (χ0v) is 11.7. The van der Waals surface area contributed by atoms with Gasteiger partial charge in [0.1, 0.15) is 0 Å². The van der Waals surface area contributed by atoms with E-state index in [4.69, 9.17) is 5.73 Å². The van der Waals surface area contributed by atoms with E-state index in [0.29, 0.717) is 5.41 Å². The van der Waals surface area contributed by atoms with Crippen LogP contribution in [-0.4, -0.2) is 5.54 Å². The van der Waals surface area contributed by atoms with Crippen LogP contribution in [0.1, 0.15) is 73.6 Å². The fourth-order valence-corrected chi connectivity index (χ4v) is 2.43. The second-order valence-electron chi connectivity index (χ2n) is 5.87. The molecular formula is C14H31N. The monoisotopic (exact) mass is 213 g/mol. The lowest BCUT2D eigenvalue weighted by atomic mass is 9.68. The molecule has 0 aliphatic rings. The van der Waals surface area contributed by atoms with Gasteiger partial charge < -0.3 is 5.73 Å². The van der Waals surface area contributed by atoms with Gasteiger partial charge in [0.15, 0.2) is 0 Å². The molecule has 15 heavy (non-hydrogen) atoms. The van der Waals surface area contributed by atoms with Crippen LogP contribution in [0.3, 0.4) is 0 Å². The first-order valence-corrected chi connectivity index (χ1v) is 6.60. The standard InChI is InChI=1S/C14H31N/c1-7-10-13(5,8-2)12(4)11-14(6,15)9-3/h12H,7-11,15H2,1-6H3. The fraction of sp³-hybridized carbons (Fsp3) is 1.00. The summed E-state index contributed by atoms with van der Waals surface area (Å²) in [6.07, 6.45) is 6.09. The highest BCUT2D eigenvalue weighted by atomic mass is 14.7. The minimum absolute atomic E-state index is 0.0174. The van der Waals surface area contributed by atoms with Gasteiger partial charge in [-0.1, -0.05) is 47.5 Å². The van der Waals surface area contributed by atoms with Crippen LogP contribution >= 0.6 is 0 Å². The summed E-state index contributed by atoms with van der Waals surface area (Å²) in [7, 11) is 0. The van der Waals surface area contributed by atoms with Gasteiger partial charge in [-0.15, -0.1) is 0 Å². The molecule has 0 saturated heterocycles. The van der Waals surface area contributed by atoms with E-state index >= 15 is 0 Å². The summed E-state index contributed by atoms with van der Waals surface area (Å²) in [5.74, 6) is 0.720. The van der Waals surface area contributed by atoms with E-state index in [1.54, 1.807) is 0 Å². The van der Waals surface area contributed by atoms with Crippen molar-refractivity contribution in [2.45, 2.75) is 79.2 Å². The van der Waals surface area contributed by atoms with Crippen LogP contribution < -0.4 is 5.73 Å². The first-order chi connectivity index (χ1) is 6.81. The highest BCUT2D eigenvalue weighted by Gasteiger charge is 2.32. The fourth-order valence-electron chi connectivity index (χ4n) is 2.43. The van der Waals surface area contributed by atoms with Gasteiger partial charge in [0.2, 0.25) is 0 Å². The molecule has 0 aliphatic carbocycles. The summed E-state index contributed by atoms with van der Waals surface area (Å²) in [6.45, 7) is 13.8. The molecule has 0 radical (unpaired) electrons. The number of hydrogen-bond acceptors (Lipinski definition) is 1. The van der Waals surface area contributed by atoms with Crippen molar-refractivity contribution in [1.82, 2.24) is 0 Å². The molecule has 0 aliphatic heterocycles. The summed E-state index contributed by atoms with van der Waals surface area (Å²) in [4.78, 5) is 0. The van der Waals surface area contributed by atoms with E-state index in [-0.39, 0.29) is 5.54 Å². The Kier molecular flexibility index (Phi) is 5.87. The third kappa shape index (κ3) is 4.55. The second kappa shape index (κ2) is 5.89. The van der Waals surface area contributed by atoms with Gasteiger partial charge in [-0.25, -0.2) is 0 Å². The molecule has 0 rings (SSSR count). The molecule has 0 amide bonds. The first-order valence-electron chi connectivity index (χ1n) is 6.60. The van der Waals surface area contributed by atoms with Crippen molar-refractivity contribution < 1.29 is 0 Å². The van der Waals surface area contributed by atoms with Crippen molar-refractivity contribution in [3.05, 3.63) is 0 Å². The van der Waals surface area contributed by atoms with E-state index in [1.807, 2.05) is 0 Å². The SMILES string of the molecule is CCCC(C)(CC)C(C)CC(C)(N)CC. The quantitative estimate of drug-likeness (QED) is 0.668. The molecule has 0 aromatic carbocycles. The van der Waals surface area contributed by atoms with E-state index in [0.717, 1.165) is 18.8 Å². The highest BCUT2D eigenvalue weighted by molar-refractivity contribution is 4.86. The van der Waals surface area contributed by atoms with Crippen molar-refractivity contribution in [2.24, 2.45) is 17.1 Å². The Morgan fingerprint density at radius 2 is 1.60 bits per heavy atom. The molecule has 0 aromatic heterocycles. The predicted molar refractivity (Wildman–Crippen MR) is 70.0 cm³/mol. The van der Waals surface area contributed by atoms with E-state index < -0.39 is 0 Å². The molecule has 0 heterocycles. The van der Waals surface area contributed by atoms with Crippen LogP contribution in [0.25, 0.3) is 0 Å². The predicted octanol–water partition coefficient (Wildman–Crippen LogP) is 4.36. The largest absolute Gasteiger partial charge is 0.325 e. The number of nitrogens with two attached hydrogens (primary N) is 1. The molecule has 3 unspecified atom stereocenters. The Morgan fingerprint density at radius 1 is 1.07 bits per heavy atom. The molecule has 0 bridgehead atoms. The zero-order chi connectivity index (χ0) is 12.1. The third-order valence-electron chi connectivity index (χ3n) is 4.40. The first kappa shape index (κ1) is 15.0. The van der Waals surface area contributed by atoms with Gasteiger partial charge in [-0.05, 0) is 37.5 Å². The number of hydrogen-bond donors (Lipinski definition) is 1. The van der Waals surface area contributed by atoms with Gasteiger partial charge in [-0.2, -0.15) is 0 Å². The van der Waals surface area contributed by atoms with Crippen LogP contribution in [0.5, 0.6) is 0 Å². The van der Waals surface area contributed by atoms with Crippen molar-refractivity contribution >= 4 is 0 Å². The van der Waals surface area contributed by atoms with Gasteiger partial charge in [0.05, 0.1) is 0 Å². The molecule has 0 aromatic rings. The van der Waals surface area contributed by atoms with Gasteiger partial charge in [0.25, 0.3) is 0 Å². The van der Waals surface area contributed by atoms with E-state index in [2.05, 4.69) is 41.5 Å². The van der Waals surface area contributed by atoms with Crippen LogP contribution in [0, 0.1) is 11.3 Å². The zero-order valence-electron chi connectivity index (χ0n) is 11.7. The third-order valence-corrected chi connectivity index (χ3v) is 4.40. The smallest absolute Gasteiger partial charge is 0.0126 e. The second-order valence-corrected chi connectivity index (χ2v) is 5.87. The van der Waals surface area contributed by atoms with E-state index in [1.165, 1.54) is 19.3 Å². The van der Waals surface area contributed by atoms with Gasteiger partial charge >= 0.3 is 0 Å². The molecule has 0 spiro atoms. The minimum atomic E-state index is 0.0174. The summed E-state index contributed by atoms with van der Waals surface area (Å²) < 4.78 is 0. The molecule has 0 saturated carbocycles. The van der Waals surface area contributed by atoms with Crippen LogP contribution in [0.15, 0.2) is 0 Å². The van der Waals surface area contributed by atoms with E-state index in [9.17, 15) is 0 Å². The Labute approximate surface area is 96.8 Å². The Morgan fingerprint density at radius 3 is 1.93 bits per heavy atom. The summed E-state index contributed by atoms with van der Waals surface area (Å²) in [5, 5.41) is 0. The maximum absolute atomic E-state index is 6.26. The lowest BCUT2D eigenvalue weighted by Gasteiger charge is -2.39. The van der Waals surface area contributed by atoms with Crippen LogP contribution in [0.4, 0.5) is 0 Å². The Balaban J connectivity index is 4.45. The topological polar surface area (TPSA) is 26.0 Å². The maximum Gasteiger partial charge on any atom is 0.0126 e. The summed E-state index contributed by atoms with van der Waals surface area (Å²) in [5.41, 5.74) is 6.76. The average Bonchev–Trinajstić information content (AvgIpc) is 2.17. The van der Waals surface area contributed by atoms with Gasteiger partial charge in [-0.3, -0.25) is 0 Å². The van der Waals surface area contributed by atoms with Crippen molar-refractivity contribution in [3.63, 3.8) is 0 Å². The highest BCUT2D eigenvalue weighted by Crippen LogP contribution is 2.39. The Bertz CT molecular complexity index is 174. The molecule has 3 atom stereocenters.